The Morgan fingerprint density at radius 1 is 1.25 bits per heavy atom. The van der Waals surface area contributed by atoms with E-state index in [2.05, 4.69) is 16.5 Å². The van der Waals surface area contributed by atoms with Crippen molar-refractivity contribution in [3.05, 3.63) is 94.3 Å². The van der Waals surface area contributed by atoms with Gasteiger partial charge in [0.2, 0.25) is 5.91 Å². The van der Waals surface area contributed by atoms with Crippen molar-refractivity contribution in [3.63, 3.8) is 0 Å². The lowest BCUT2D eigenvalue weighted by atomic mass is 9.93. The summed E-state index contributed by atoms with van der Waals surface area (Å²) < 4.78 is 29.0. The number of allylic oxidation sites excluding steroid dienone is 5. The number of carbonyl (C=O) groups excluding carboxylic acids is 1. The largest absolute Gasteiger partial charge is 0.478 e. The minimum absolute atomic E-state index is 0.0642. The monoisotopic (exact) mass is 511 g/mol. The average Bonchev–Trinajstić information content (AvgIpc) is 3.23. The molecular formula is C27H24ClF2N3O3. The zero-order valence-corrected chi connectivity index (χ0v) is 20.3. The fourth-order valence-corrected chi connectivity index (χ4v) is 4.19. The first kappa shape index (κ1) is 25.3. The molecular weight excluding hydrogens is 488 g/mol. The summed E-state index contributed by atoms with van der Waals surface area (Å²) in [6, 6.07) is 6.77. The van der Waals surface area contributed by atoms with E-state index in [1.165, 1.54) is 18.2 Å². The lowest BCUT2D eigenvalue weighted by Crippen LogP contribution is -2.42. The molecule has 186 valence electrons. The Morgan fingerprint density at radius 2 is 2.00 bits per heavy atom. The van der Waals surface area contributed by atoms with Gasteiger partial charge in [0.05, 0.1) is 33.1 Å². The number of aromatic nitrogens is 2. The Bertz CT molecular complexity index is 1420. The van der Waals surface area contributed by atoms with Gasteiger partial charge in [-0.3, -0.25) is 4.79 Å². The number of aromatic carboxylic acids is 1. The van der Waals surface area contributed by atoms with E-state index in [1.54, 1.807) is 30.0 Å². The molecule has 0 aliphatic carbocycles. The Balaban J connectivity index is 1.68. The van der Waals surface area contributed by atoms with Gasteiger partial charge < -0.3 is 15.0 Å². The number of benzene rings is 2. The highest BCUT2D eigenvalue weighted by Crippen LogP contribution is 2.32. The van der Waals surface area contributed by atoms with E-state index >= 15 is 0 Å². The van der Waals surface area contributed by atoms with Crippen LogP contribution in [-0.2, 0) is 4.79 Å². The summed E-state index contributed by atoms with van der Waals surface area (Å²) in [4.78, 5) is 33.6. The Hall–Kier alpha value is -3.78. The third-order valence-corrected chi connectivity index (χ3v) is 6.52. The molecule has 0 bridgehead atoms. The maximum absolute atomic E-state index is 14.6. The van der Waals surface area contributed by atoms with Gasteiger partial charge in [0.1, 0.15) is 11.6 Å². The van der Waals surface area contributed by atoms with E-state index in [-0.39, 0.29) is 34.1 Å². The number of halogens is 3. The van der Waals surface area contributed by atoms with Crippen LogP contribution in [0.5, 0.6) is 0 Å². The fourth-order valence-electron chi connectivity index (χ4n) is 4.03. The summed E-state index contributed by atoms with van der Waals surface area (Å²) in [7, 11) is 0. The number of aromatic amines is 1. The van der Waals surface area contributed by atoms with Crippen molar-refractivity contribution in [1.82, 2.24) is 14.9 Å². The maximum Gasteiger partial charge on any atom is 0.335 e. The molecule has 1 fully saturated rings. The number of fused-ring (bicyclic) bond motifs is 1. The lowest BCUT2D eigenvalue weighted by molar-refractivity contribution is -0.134. The Kier molecular flexibility index (Phi) is 7.35. The molecule has 9 heteroatoms. The van der Waals surface area contributed by atoms with Crippen LogP contribution in [-0.4, -0.2) is 44.9 Å². The van der Waals surface area contributed by atoms with Crippen molar-refractivity contribution >= 4 is 40.1 Å². The van der Waals surface area contributed by atoms with Gasteiger partial charge in [-0.25, -0.2) is 18.6 Å². The smallest absolute Gasteiger partial charge is 0.335 e. The van der Waals surface area contributed by atoms with Crippen molar-refractivity contribution in [2.24, 2.45) is 0 Å². The first-order valence-corrected chi connectivity index (χ1v) is 11.7. The molecule has 1 unspecified atom stereocenters. The summed E-state index contributed by atoms with van der Waals surface area (Å²) in [6.45, 7) is 7.13. The number of nitrogens with one attached hydrogen (secondary N) is 1. The van der Waals surface area contributed by atoms with E-state index < -0.39 is 23.5 Å². The number of amides is 1. The normalized spacial score (nSPS) is 14.8. The van der Waals surface area contributed by atoms with E-state index in [0.717, 1.165) is 18.6 Å². The third kappa shape index (κ3) is 5.09. The van der Waals surface area contributed by atoms with Gasteiger partial charge in [-0.2, -0.15) is 0 Å². The zero-order valence-electron chi connectivity index (χ0n) is 19.5. The number of imidazole rings is 1. The highest BCUT2D eigenvalue weighted by atomic mass is 35.5. The topological polar surface area (TPSA) is 86.3 Å². The van der Waals surface area contributed by atoms with E-state index in [0.29, 0.717) is 35.5 Å². The second-order valence-electron chi connectivity index (χ2n) is 8.52. The van der Waals surface area contributed by atoms with Crippen LogP contribution in [0.3, 0.4) is 0 Å². The molecule has 1 saturated heterocycles. The Labute approximate surface area is 211 Å². The van der Waals surface area contributed by atoms with Crippen LogP contribution >= 0.6 is 11.6 Å². The van der Waals surface area contributed by atoms with Crippen LogP contribution in [0, 0.1) is 11.6 Å². The number of H-pyrrole nitrogens is 1. The number of nitrogens with zero attached hydrogens (tertiary/aromatic N) is 2. The average molecular weight is 512 g/mol. The van der Waals surface area contributed by atoms with Gasteiger partial charge in [-0.05, 0) is 54.8 Å². The molecule has 1 aliphatic rings. The van der Waals surface area contributed by atoms with E-state index in [1.807, 2.05) is 0 Å². The minimum Gasteiger partial charge on any atom is -0.478 e. The van der Waals surface area contributed by atoms with Gasteiger partial charge in [-0.1, -0.05) is 36.4 Å². The van der Waals surface area contributed by atoms with E-state index in [4.69, 9.17) is 11.6 Å². The van der Waals surface area contributed by atoms with Crippen molar-refractivity contribution < 1.29 is 23.5 Å². The van der Waals surface area contributed by atoms with Gasteiger partial charge in [0.15, 0.2) is 5.82 Å². The molecule has 36 heavy (non-hydrogen) atoms. The molecule has 3 aromatic rings. The molecule has 0 radical (unpaired) electrons. The number of rotatable bonds is 8. The highest BCUT2D eigenvalue weighted by Gasteiger charge is 2.27. The van der Waals surface area contributed by atoms with Gasteiger partial charge in [-0.15, -0.1) is 0 Å². The number of carboxylic acid groups (broad SMARTS) is 1. The summed E-state index contributed by atoms with van der Waals surface area (Å²) in [6.07, 6.45) is 5.70. The summed E-state index contributed by atoms with van der Waals surface area (Å²) >= 11 is 5.85. The van der Waals surface area contributed by atoms with Crippen molar-refractivity contribution in [3.8, 4) is 0 Å². The number of hydrogen-bond acceptors (Lipinski definition) is 3. The molecule has 1 atom stereocenters. The summed E-state index contributed by atoms with van der Waals surface area (Å²) in [5, 5.41) is 9.09. The molecule has 2 heterocycles. The molecule has 6 nitrogen and oxygen atoms in total. The van der Waals surface area contributed by atoms with Crippen LogP contribution in [0.4, 0.5) is 8.78 Å². The number of likely N-dealkylation sites (tertiary alicyclic amines) is 1. The molecule has 0 saturated carbocycles. The van der Waals surface area contributed by atoms with Crippen LogP contribution in [0.15, 0.2) is 60.7 Å². The molecule has 1 aliphatic heterocycles. The predicted octanol–water partition coefficient (Wildman–Crippen LogP) is 6.11. The lowest BCUT2D eigenvalue weighted by Gasteiger charge is -2.32. The molecule has 2 N–H and O–H groups in total. The van der Waals surface area contributed by atoms with Crippen LogP contribution in [0.2, 0.25) is 5.02 Å². The SMILES string of the molecule is C=C(/C=C\C(=C/C)c1c(F)ccc(Cl)c1F)C(CC(=O)N1CCC1)c1nc2ccc(C(=O)O)cc2[nH]1. The number of hydrogen-bond donors (Lipinski definition) is 2. The van der Waals surface area contributed by atoms with Crippen LogP contribution in [0.1, 0.15) is 47.4 Å². The zero-order chi connectivity index (χ0) is 26.0. The van der Waals surface area contributed by atoms with Gasteiger partial charge in [0.25, 0.3) is 0 Å². The summed E-state index contributed by atoms with van der Waals surface area (Å²) in [5.41, 5.74) is 1.66. The van der Waals surface area contributed by atoms with E-state index in [9.17, 15) is 23.5 Å². The van der Waals surface area contributed by atoms with Crippen molar-refractivity contribution in [2.75, 3.05) is 13.1 Å². The maximum atomic E-state index is 14.6. The van der Waals surface area contributed by atoms with Gasteiger partial charge in [0, 0.05) is 19.5 Å². The minimum atomic E-state index is -1.07. The standard InChI is InChI=1S/C27H24ClF2N3O3/c1-3-16(24-20(29)9-8-19(28)25(24)30)6-5-15(2)18(14-23(34)33-11-4-12-33)26-31-21-10-7-17(27(35)36)13-22(21)32-26/h3,5-10,13,18H,2,4,11-12,14H2,1H3,(H,31,32)(H,35,36)/b6-5-,16-3+. The molecule has 0 spiro atoms. The van der Waals surface area contributed by atoms with Crippen molar-refractivity contribution in [1.29, 1.82) is 0 Å². The first-order valence-electron chi connectivity index (χ1n) is 11.4. The first-order chi connectivity index (χ1) is 17.2. The quantitative estimate of drug-likeness (QED) is 0.282. The fraction of sp³-hybridized carbons (Fsp3) is 0.222. The highest BCUT2D eigenvalue weighted by molar-refractivity contribution is 6.31. The van der Waals surface area contributed by atoms with Gasteiger partial charge >= 0.3 is 5.97 Å². The third-order valence-electron chi connectivity index (χ3n) is 6.23. The van der Waals surface area contributed by atoms with Crippen LogP contribution in [0.25, 0.3) is 16.6 Å². The second-order valence-corrected chi connectivity index (χ2v) is 8.93. The number of carboxylic acids is 1. The molecule has 2 aromatic carbocycles. The number of carbonyl (C=O) groups is 2. The molecule has 4 rings (SSSR count). The summed E-state index contributed by atoms with van der Waals surface area (Å²) in [5.74, 6) is -2.87. The second kappa shape index (κ2) is 10.5. The van der Waals surface area contributed by atoms with Crippen LogP contribution < -0.4 is 0 Å². The van der Waals surface area contributed by atoms with Crippen molar-refractivity contribution in [2.45, 2.75) is 25.7 Å². The molecule has 1 amide bonds. The predicted molar refractivity (Wildman–Crippen MR) is 135 cm³/mol. The Morgan fingerprint density at radius 3 is 2.64 bits per heavy atom. The molecule has 1 aromatic heterocycles.